The van der Waals surface area contributed by atoms with Crippen molar-refractivity contribution in [2.45, 2.75) is 34.6 Å². The van der Waals surface area contributed by atoms with Gasteiger partial charge in [-0.2, -0.15) is 0 Å². The zero-order valence-electron chi connectivity index (χ0n) is 31.6. The van der Waals surface area contributed by atoms with E-state index in [1.165, 1.54) is 6.07 Å². The lowest BCUT2D eigenvalue weighted by Crippen LogP contribution is -2.28. The van der Waals surface area contributed by atoms with E-state index in [9.17, 15) is 9.18 Å². The molecule has 280 valence electrons. The molecule has 0 bridgehead atoms. The second kappa shape index (κ2) is 16.2. The molecule has 0 spiro atoms. The first-order chi connectivity index (χ1) is 26.7. The number of benzene rings is 4. The highest BCUT2D eigenvalue weighted by Gasteiger charge is 2.18. The lowest BCUT2D eigenvalue weighted by molar-refractivity contribution is 0.252. The van der Waals surface area contributed by atoms with E-state index in [0.29, 0.717) is 29.6 Å². The van der Waals surface area contributed by atoms with Crippen LogP contribution in [0.1, 0.15) is 34.6 Å². The Hall–Kier alpha value is -6.56. The quantitative estimate of drug-likeness (QED) is 0.110. The van der Waals surface area contributed by atoms with Gasteiger partial charge in [-0.1, -0.05) is 76.2 Å². The van der Waals surface area contributed by atoms with Crippen molar-refractivity contribution in [2.75, 3.05) is 35.6 Å². The van der Waals surface area contributed by atoms with Crippen LogP contribution >= 0.6 is 0 Å². The van der Waals surface area contributed by atoms with Crippen molar-refractivity contribution in [3.05, 3.63) is 115 Å². The van der Waals surface area contributed by atoms with Gasteiger partial charge in [0.2, 0.25) is 0 Å². The van der Waals surface area contributed by atoms with E-state index in [0.717, 1.165) is 75.1 Å². The predicted octanol–water partition coefficient (Wildman–Crippen LogP) is 9.52. The van der Waals surface area contributed by atoms with E-state index < -0.39 is 0 Å². The van der Waals surface area contributed by atoms with Gasteiger partial charge in [-0.05, 0) is 67.3 Å². The van der Waals surface area contributed by atoms with Gasteiger partial charge in [-0.3, -0.25) is 8.80 Å². The number of amides is 2. The molecule has 8 aromatic rings. The number of hydrogen-bond donors (Lipinski definition) is 4. The number of fused-ring (bicyclic) bond motifs is 6. The molecule has 0 aliphatic carbocycles. The van der Waals surface area contributed by atoms with Crippen LogP contribution in [0.25, 0.3) is 55.9 Å². The molecule has 2 amide bonds. The Morgan fingerprint density at radius 3 is 1.73 bits per heavy atom. The van der Waals surface area contributed by atoms with Crippen LogP contribution < -0.4 is 21.3 Å². The van der Waals surface area contributed by atoms with E-state index >= 15 is 0 Å². The molecule has 0 atom stereocenters. The average molecular weight is 737 g/mol. The van der Waals surface area contributed by atoms with Crippen LogP contribution in [0.15, 0.2) is 109 Å². The summed E-state index contributed by atoms with van der Waals surface area (Å²) in [7, 11) is 0. The number of nitrogens with one attached hydrogen (secondary N) is 4. The van der Waals surface area contributed by atoms with Gasteiger partial charge in [0.15, 0.2) is 22.9 Å². The first-order valence-electron chi connectivity index (χ1n) is 18.6. The summed E-state index contributed by atoms with van der Waals surface area (Å²) >= 11 is 0. The normalized spacial score (nSPS) is 11.3. The number of hydrogen-bond acceptors (Lipinski definition) is 7. The van der Waals surface area contributed by atoms with Crippen molar-refractivity contribution >= 4 is 56.7 Å². The van der Waals surface area contributed by atoms with Gasteiger partial charge >= 0.3 is 6.03 Å². The highest BCUT2D eigenvalue weighted by molar-refractivity contribution is 5.90. The largest absolute Gasteiger partial charge is 0.367 e. The van der Waals surface area contributed by atoms with Crippen LogP contribution in [0, 0.1) is 17.7 Å². The van der Waals surface area contributed by atoms with Crippen molar-refractivity contribution in [3.8, 4) is 22.5 Å². The Kier molecular flexibility index (Phi) is 10.8. The molecule has 0 aliphatic heterocycles. The van der Waals surface area contributed by atoms with Crippen LogP contribution in [0.5, 0.6) is 0 Å². The summed E-state index contributed by atoms with van der Waals surface area (Å²) in [5.41, 5.74) is 9.14. The van der Waals surface area contributed by atoms with E-state index in [1.807, 2.05) is 90.3 Å². The van der Waals surface area contributed by atoms with E-state index in [2.05, 4.69) is 69.4 Å². The monoisotopic (exact) mass is 736 g/mol. The number of aromatic nitrogens is 6. The van der Waals surface area contributed by atoms with Gasteiger partial charge in [0.05, 0.1) is 45.8 Å². The van der Waals surface area contributed by atoms with Crippen molar-refractivity contribution in [1.29, 1.82) is 0 Å². The summed E-state index contributed by atoms with van der Waals surface area (Å²) in [6.07, 6.45) is 3.58. The third kappa shape index (κ3) is 7.89. The SMILES string of the molecule is CC(C)CNc1nc2ccccc2n2c(-c3ccccc3F)cnc12.CCNC(=O)Nc1ccc(-c2cnc3c(NCC(C)C)nc4ccccc4n23)cc1. The molecule has 12 heteroatoms. The topological polar surface area (TPSA) is 126 Å². The third-order valence-electron chi connectivity index (χ3n) is 8.94. The molecular weight excluding hydrogens is 692 g/mol. The van der Waals surface area contributed by atoms with Crippen LogP contribution in [0.2, 0.25) is 0 Å². The summed E-state index contributed by atoms with van der Waals surface area (Å²) < 4.78 is 18.5. The molecule has 0 unspecified atom stereocenters. The summed E-state index contributed by atoms with van der Waals surface area (Å²) in [4.78, 5) is 30.5. The maximum absolute atomic E-state index is 14.4. The summed E-state index contributed by atoms with van der Waals surface area (Å²) in [6.45, 7) is 12.7. The van der Waals surface area contributed by atoms with Crippen LogP contribution in [0.4, 0.5) is 26.5 Å². The molecule has 4 aromatic carbocycles. The fourth-order valence-electron chi connectivity index (χ4n) is 6.32. The molecule has 8 rings (SSSR count). The highest BCUT2D eigenvalue weighted by atomic mass is 19.1. The minimum atomic E-state index is -0.262. The number of carbonyl (C=O) groups excluding carboxylic acids is 1. The minimum Gasteiger partial charge on any atom is -0.367 e. The van der Waals surface area contributed by atoms with Crippen LogP contribution in [-0.2, 0) is 0 Å². The lowest BCUT2D eigenvalue weighted by Gasteiger charge is -2.13. The summed E-state index contributed by atoms with van der Waals surface area (Å²) in [5, 5.41) is 12.4. The molecule has 55 heavy (non-hydrogen) atoms. The number of imidazole rings is 2. The van der Waals surface area contributed by atoms with Crippen LogP contribution in [0.3, 0.4) is 0 Å². The standard InChI is InChI=1S/C23H26N6O.C20H19FN4/c1-4-24-23(30)27-17-11-9-16(10-12-17)20-14-26-22-21(25-13-15(2)3)28-18-7-5-6-8-19(18)29(20)22;1-13(2)11-22-19-20-23-12-18(14-7-3-4-8-15(14)21)25(20)17-10-6-5-9-16(17)24-19/h5-12,14-15H,4,13H2,1-3H3,(H,25,28)(H2,24,27,30);3-10,12-13H,11H2,1-2H3,(H,22,24). The molecule has 0 radical (unpaired) electrons. The number of halogens is 1. The predicted molar refractivity (Wildman–Crippen MR) is 221 cm³/mol. The number of para-hydroxylation sites is 4. The second-order valence-electron chi connectivity index (χ2n) is 14.1. The van der Waals surface area contributed by atoms with E-state index in [1.54, 1.807) is 18.3 Å². The molecule has 0 fully saturated rings. The van der Waals surface area contributed by atoms with Crippen molar-refractivity contribution < 1.29 is 9.18 Å². The molecule has 4 heterocycles. The van der Waals surface area contributed by atoms with E-state index in [-0.39, 0.29) is 11.8 Å². The highest BCUT2D eigenvalue weighted by Crippen LogP contribution is 2.31. The number of carbonyl (C=O) groups is 1. The smallest absolute Gasteiger partial charge is 0.319 e. The Labute approximate surface area is 319 Å². The molecule has 4 aromatic heterocycles. The second-order valence-corrected chi connectivity index (χ2v) is 14.1. The zero-order chi connectivity index (χ0) is 38.5. The van der Waals surface area contributed by atoms with Gasteiger partial charge in [0, 0.05) is 36.4 Å². The molecule has 0 saturated carbocycles. The maximum Gasteiger partial charge on any atom is 0.319 e. The molecule has 0 aliphatic rings. The zero-order valence-corrected chi connectivity index (χ0v) is 31.6. The number of anilines is 3. The summed E-state index contributed by atoms with van der Waals surface area (Å²) in [6, 6.07) is 30.2. The van der Waals surface area contributed by atoms with Crippen molar-refractivity contribution in [1.82, 2.24) is 34.1 Å². The van der Waals surface area contributed by atoms with Gasteiger partial charge in [0.1, 0.15) is 5.82 Å². The number of urea groups is 1. The van der Waals surface area contributed by atoms with Crippen LogP contribution in [-0.4, -0.2) is 54.4 Å². The Balaban J connectivity index is 0.000000172. The number of nitrogens with zero attached hydrogens (tertiary/aromatic N) is 6. The average Bonchev–Trinajstić information content (AvgIpc) is 3.83. The molecule has 11 nitrogen and oxygen atoms in total. The molecule has 4 N–H and O–H groups in total. The Morgan fingerprint density at radius 2 is 1.18 bits per heavy atom. The minimum absolute atomic E-state index is 0.210. The Morgan fingerprint density at radius 1 is 0.673 bits per heavy atom. The van der Waals surface area contributed by atoms with Gasteiger partial charge in [-0.15, -0.1) is 0 Å². The van der Waals surface area contributed by atoms with E-state index in [4.69, 9.17) is 9.97 Å². The molecule has 0 saturated heterocycles. The fourth-order valence-corrected chi connectivity index (χ4v) is 6.32. The Bertz CT molecular complexity index is 2590. The maximum atomic E-state index is 14.4. The van der Waals surface area contributed by atoms with Gasteiger partial charge in [0.25, 0.3) is 0 Å². The molecular formula is C43H45FN10O. The lowest BCUT2D eigenvalue weighted by atomic mass is 10.1. The number of rotatable bonds is 10. The fraction of sp³-hybridized carbons (Fsp3) is 0.233. The van der Waals surface area contributed by atoms with Crippen molar-refractivity contribution in [3.63, 3.8) is 0 Å². The first kappa shape index (κ1) is 36.8. The first-order valence-corrected chi connectivity index (χ1v) is 18.6. The third-order valence-corrected chi connectivity index (χ3v) is 8.94. The van der Waals surface area contributed by atoms with Gasteiger partial charge in [-0.25, -0.2) is 29.1 Å². The summed E-state index contributed by atoms with van der Waals surface area (Å²) in [5.74, 6) is 2.21. The van der Waals surface area contributed by atoms with Gasteiger partial charge < -0.3 is 21.3 Å². The van der Waals surface area contributed by atoms with Crippen molar-refractivity contribution in [2.24, 2.45) is 11.8 Å².